The smallest absolute Gasteiger partial charge is 0.166 e. The highest BCUT2D eigenvalue weighted by molar-refractivity contribution is 7.98. The van der Waals surface area contributed by atoms with Gasteiger partial charge in [0.05, 0.1) is 29.5 Å². The molecule has 1 saturated heterocycles. The Labute approximate surface area is 174 Å². The number of piperazine rings is 1. The molecule has 2 aromatic heterocycles. The van der Waals surface area contributed by atoms with E-state index in [2.05, 4.69) is 31.8 Å². The van der Waals surface area contributed by atoms with E-state index in [1.54, 1.807) is 24.9 Å². The Hall–Kier alpha value is -2.32. The fourth-order valence-corrected chi connectivity index (χ4v) is 4.62. The first-order valence-electron chi connectivity index (χ1n) is 9.71. The zero-order chi connectivity index (χ0) is 20.5. The van der Waals surface area contributed by atoms with Gasteiger partial charge in [0.2, 0.25) is 0 Å². The van der Waals surface area contributed by atoms with Crippen molar-refractivity contribution < 1.29 is 9.13 Å². The average Bonchev–Trinajstić information content (AvgIpc) is 3.09. The summed E-state index contributed by atoms with van der Waals surface area (Å²) in [5.74, 6) is 1.33. The number of benzene rings is 1. The molecule has 0 bridgehead atoms. The fourth-order valence-electron chi connectivity index (χ4n) is 3.71. The van der Waals surface area contributed by atoms with E-state index in [1.807, 2.05) is 26.1 Å². The Morgan fingerprint density at radius 1 is 1.21 bits per heavy atom. The lowest BCUT2D eigenvalue weighted by Crippen LogP contribution is -2.44. The Kier molecular flexibility index (Phi) is 5.65. The molecule has 0 amide bonds. The number of nitrogens with one attached hydrogen (secondary N) is 1. The molecule has 0 aliphatic carbocycles. The molecule has 0 unspecified atom stereocenters. The number of aryl methyl sites for hydroxylation is 1. The third-order valence-corrected chi connectivity index (χ3v) is 6.35. The largest absolute Gasteiger partial charge is 0.496 e. The number of thioether (sulfide) groups is 1. The summed E-state index contributed by atoms with van der Waals surface area (Å²) in [6.07, 6.45) is 1.83. The van der Waals surface area contributed by atoms with Crippen LogP contribution in [-0.2, 0) is 5.75 Å². The number of imidazole rings is 1. The van der Waals surface area contributed by atoms with Gasteiger partial charge in [0.1, 0.15) is 11.6 Å². The number of hydrogen-bond donors (Lipinski definition) is 1. The number of H-pyrrole nitrogens is 1. The first kappa shape index (κ1) is 20.0. The molecular formula is C21H26FN5OS. The number of fused-ring (bicyclic) bond motifs is 1. The molecule has 0 saturated carbocycles. The minimum Gasteiger partial charge on any atom is -0.496 e. The zero-order valence-electron chi connectivity index (χ0n) is 17.3. The van der Waals surface area contributed by atoms with Crippen LogP contribution in [0.15, 0.2) is 23.5 Å². The van der Waals surface area contributed by atoms with Gasteiger partial charge in [0, 0.05) is 55.3 Å². The first-order chi connectivity index (χ1) is 14.0. The van der Waals surface area contributed by atoms with Crippen LogP contribution in [0.1, 0.15) is 16.8 Å². The van der Waals surface area contributed by atoms with Gasteiger partial charge in [-0.05, 0) is 27.0 Å². The van der Waals surface area contributed by atoms with Crippen molar-refractivity contribution in [2.24, 2.45) is 0 Å². The minimum atomic E-state index is -0.206. The first-order valence-corrected chi connectivity index (χ1v) is 10.7. The fraction of sp³-hybridized carbons (Fsp3) is 0.429. The molecule has 0 spiro atoms. The number of nitrogens with zero attached hydrogens (tertiary/aromatic N) is 4. The van der Waals surface area contributed by atoms with E-state index >= 15 is 0 Å². The van der Waals surface area contributed by atoms with Crippen LogP contribution in [0.3, 0.4) is 0 Å². The van der Waals surface area contributed by atoms with Crippen LogP contribution in [0.5, 0.6) is 5.75 Å². The summed E-state index contributed by atoms with van der Waals surface area (Å²) in [6, 6.07) is 3.41. The van der Waals surface area contributed by atoms with Crippen LogP contribution in [0.4, 0.5) is 10.1 Å². The highest BCUT2D eigenvalue weighted by Gasteiger charge is 2.19. The number of aromatic nitrogens is 3. The molecule has 3 heterocycles. The van der Waals surface area contributed by atoms with Crippen molar-refractivity contribution in [1.82, 2.24) is 19.9 Å². The summed E-state index contributed by atoms with van der Waals surface area (Å²) < 4.78 is 20.2. The SMILES string of the molecule is COc1c(C)cnc(CSc2nc3cc(N4CCN(C)CC4)c(F)cc3[nH]2)c1C. The van der Waals surface area contributed by atoms with Gasteiger partial charge in [0.25, 0.3) is 0 Å². The van der Waals surface area contributed by atoms with Gasteiger partial charge in [-0.2, -0.15) is 0 Å². The van der Waals surface area contributed by atoms with Gasteiger partial charge in [-0.3, -0.25) is 4.98 Å². The van der Waals surface area contributed by atoms with Gasteiger partial charge in [-0.15, -0.1) is 0 Å². The molecule has 29 heavy (non-hydrogen) atoms. The molecule has 6 nitrogen and oxygen atoms in total. The van der Waals surface area contributed by atoms with Gasteiger partial charge in [-0.1, -0.05) is 11.8 Å². The predicted molar refractivity (Wildman–Crippen MR) is 116 cm³/mol. The summed E-state index contributed by atoms with van der Waals surface area (Å²) in [5, 5.41) is 0.760. The summed E-state index contributed by atoms with van der Waals surface area (Å²) in [4.78, 5) is 16.8. The maximum Gasteiger partial charge on any atom is 0.166 e. The van der Waals surface area contributed by atoms with Crippen molar-refractivity contribution in [3.63, 3.8) is 0 Å². The number of pyridine rings is 1. The van der Waals surface area contributed by atoms with Crippen molar-refractivity contribution in [3.05, 3.63) is 41.0 Å². The molecule has 1 fully saturated rings. The number of aromatic amines is 1. The number of likely N-dealkylation sites (N-methyl/N-ethyl adjacent to an activating group) is 1. The number of ether oxygens (including phenoxy) is 1. The number of halogens is 1. The van der Waals surface area contributed by atoms with E-state index in [1.165, 1.54) is 0 Å². The number of rotatable bonds is 5. The van der Waals surface area contributed by atoms with Gasteiger partial charge in [-0.25, -0.2) is 9.37 Å². The third-order valence-electron chi connectivity index (χ3n) is 5.47. The van der Waals surface area contributed by atoms with Crippen molar-refractivity contribution in [2.75, 3.05) is 45.2 Å². The molecule has 0 atom stereocenters. The Balaban J connectivity index is 1.54. The summed E-state index contributed by atoms with van der Waals surface area (Å²) in [5.41, 5.74) is 5.16. The Morgan fingerprint density at radius 2 is 1.97 bits per heavy atom. The van der Waals surface area contributed by atoms with Crippen LogP contribution < -0.4 is 9.64 Å². The van der Waals surface area contributed by atoms with E-state index in [-0.39, 0.29) is 5.82 Å². The molecule has 4 rings (SSSR count). The summed E-state index contributed by atoms with van der Waals surface area (Å²) >= 11 is 1.56. The van der Waals surface area contributed by atoms with Crippen molar-refractivity contribution in [2.45, 2.75) is 24.8 Å². The van der Waals surface area contributed by atoms with Crippen molar-refractivity contribution >= 4 is 28.5 Å². The number of methoxy groups -OCH3 is 1. The van der Waals surface area contributed by atoms with E-state index in [0.29, 0.717) is 17.0 Å². The van der Waals surface area contributed by atoms with Crippen molar-refractivity contribution in [1.29, 1.82) is 0 Å². The molecule has 3 aromatic rings. The lowest BCUT2D eigenvalue weighted by molar-refractivity contribution is 0.312. The summed E-state index contributed by atoms with van der Waals surface area (Å²) in [6.45, 7) is 7.53. The highest BCUT2D eigenvalue weighted by atomic mass is 32.2. The normalized spacial score (nSPS) is 15.3. The Bertz CT molecular complexity index is 1030. The second-order valence-electron chi connectivity index (χ2n) is 7.49. The second-order valence-corrected chi connectivity index (χ2v) is 8.45. The molecule has 1 aliphatic rings. The van der Waals surface area contributed by atoms with Crippen LogP contribution >= 0.6 is 11.8 Å². The topological polar surface area (TPSA) is 57.3 Å². The van der Waals surface area contributed by atoms with E-state index < -0.39 is 0 Å². The molecule has 8 heteroatoms. The quantitative estimate of drug-likeness (QED) is 0.641. The Morgan fingerprint density at radius 3 is 2.69 bits per heavy atom. The molecule has 1 N–H and O–H groups in total. The molecular weight excluding hydrogens is 389 g/mol. The standard InChI is InChI=1S/C21H26FN5OS/c1-13-11-23-18(14(2)20(13)28-4)12-29-21-24-16-9-15(22)19(10-17(16)25-21)27-7-5-26(3)6-8-27/h9-11H,5-8,12H2,1-4H3,(H,24,25). The van der Waals surface area contributed by atoms with Crippen molar-refractivity contribution in [3.8, 4) is 5.75 Å². The third kappa shape index (κ3) is 4.04. The molecule has 1 aromatic carbocycles. The van der Waals surface area contributed by atoms with Gasteiger partial charge in [0.15, 0.2) is 5.16 Å². The van der Waals surface area contributed by atoms with Crippen LogP contribution in [0, 0.1) is 19.7 Å². The minimum absolute atomic E-state index is 0.206. The molecule has 0 radical (unpaired) electrons. The maximum absolute atomic E-state index is 14.7. The maximum atomic E-state index is 14.7. The number of anilines is 1. The summed E-state index contributed by atoms with van der Waals surface area (Å²) in [7, 11) is 3.77. The average molecular weight is 416 g/mol. The van der Waals surface area contributed by atoms with E-state index in [0.717, 1.165) is 59.4 Å². The molecule has 1 aliphatic heterocycles. The monoisotopic (exact) mass is 415 g/mol. The lowest BCUT2D eigenvalue weighted by Gasteiger charge is -2.34. The predicted octanol–water partition coefficient (Wildman–Crippen LogP) is 3.77. The van der Waals surface area contributed by atoms with Crippen LogP contribution in [-0.4, -0.2) is 60.2 Å². The molecule has 154 valence electrons. The van der Waals surface area contributed by atoms with Gasteiger partial charge >= 0.3 is 0 Å². The highest BCUT2D eigenvalue weighted by Crippen LogP contribution is 2.31. The number of hydrogen-bond acceptors (Lipinski definition) is 6. The van der Waals surface area contributed by atoms with Gasteiger partial charge < -0.3 is 19.5 Å². The van der Waals surface area contributed by atoms with Crippen LogP contribution in [0.2, 0.25) is 0 Å². The second kappa shape index (κ2) is 8.20. The van der Waals surface area contributed by atoms with E-state index in [9.17, 15) is 4.39 Å². The van der Waals surface area contributed by atoms with Crippen LogP contribution in [0.25, 0.3) is 11.0 Å². The lowest BCUT2D eigenvalue weighted by atomic mass is 10.1. The van der Waals surface area contributed by atoms with E-state index in [4.69, 9.17) is 4.74 Å². The zero-order valence-corrected chi connectivity index (χ0v) is 18.1.